The molecule has 1 aromatic carbocycles. The summed E-state index contributed by atoms with van der Waals surface area (Å²) < 4.78 is 0. The van der Waals surface area contributed by atoms with Crippen molar-refractivity contribution in [2.75, 3.05) is 31.2 Å². The van der Waals surface area contributed by atoms with Gasteiger partial charge in [-0.3, -0.25) is 4.79 Å². The first-order valence-corrected chi connectivity index (χ1v) is 7.23. The third-order valence-electron chi connectivity index (χ3n) is 3.33. The van der Waals surface area contributed by atoms with E-state index in [0.29, 0.717) is 18.0 Å². The maximum Gasteiger partial charge on any atom is 0.225 e. The molecule has 0 atom stereocenters. The Kier molecular flexibility index (Phi) is 6.52. The van der Waals surface area contributed by atoms with E-state index in [4.69, 9.17) is 5.73 Å². The van der Waals surface area contributed by atoms with E-state index in [1.807, 2.05) is 19.1 Å². The molecule has 4 heteroatoms. The fourth-order valence-electron chi connectivity index (χ4n) is 1.92. The molecule has 3 N–H and O–H groups in total. The van der Waals surface area contributed by atoms with E-state index in [0.717, 1.165) is 30.8 Å². The molecule has 1 amide bonds. The van der Waals surface area contributed by atoms with Crippen molar-refractivity contribution in [2.24, 2.45) is 5.92 Å². The number of amides is 1. The molecule has 0 unspecified atom stereocenters. The summed E-state index contributed by atoms with van der Waals surface area (Å²) in [5.74, 6) is 0.748. The van der Waals surface area contributed by atoms with Crippen LogP contribution in [0.3, 0.4) is 0 Å². The van der Waals surface area contributed by atoms with Gasteiger partial charge in [-0.15, -0.1) is 0 Å². The van der Waals surface area contributed by atoms with Crippen LogP contribution >= 0.6 is 0 Å². The van der Waals surface area contributed by atoms with Gasteiger partial charge in [0.2, 0.25) is 5.91 Å². The molecule has 0 saturated carbocycles. The summed E-state index contributed by atoms with van der Waals surface area (Å²) >= 11 is 0. The number of carbonyl (C=O) groups excluding carboxylic acids is 1. The number of nitrogen functional groups attached to an aromatic ring is 1. The number of hydrogen-bond donors (Lipinski definition) is 2. The van der Waals surface area contributed by atoms with Gasteiger partial charge >= 0.3 is 0 Å². The van der Waals surface area contributed by atoms with Gasteiger partial charge in [0.1, 0.15) is 0 Å². The number of nitrogens with two attached hydrogens (primary N) is 1. The Bertz CT molecular complexity index is 443. The standard InChI is InChI=1S/C16H27N3O/c1-12(2)7-9-19(4)10-8-16(20)18-15-6-5-14(17)11-13(15)3/h5-6,11-12H,7-10,17H2,1-4H3,(H,18,20). The lowest BCUT2D eigenvalue weighted by atomic mass is 10.1. The van der Waals surface area contributed by atoms with E-state index in [1.54, 1.807) is 6.07 Å². The largest absolute Gasteiger partial charge is 0.399 e. The Hall–Kier alpha value is -1.55. The number of anilines is 2. The third-order valence-corrected chi connectivity index (χ3v) is 3.33. The second kappa shape index (κ2) is 7.90. The summed E-state index contributed by atoms with van der Waals surface area (Å²) in [4.78, 5) is 14.1. The minimum Gasteiger partial charge on any atom is -0.399 e. The molecule has 0 radical (unpaired) electrons. The molecule has 0 aliphatic rings. The normalized spacial score (nSPS) is 11.1. The highest BCUT2D eigenvalue weighted by atomic mass is 16.1. The zero-order valence-electron chi connectivity index (χ0n) is 13.1. The number of nitrogens with one attached hydrogen (secondary N) is 1. The highest BCUT2D eigenvalue weighted by molar-refractivity contribution is 5.91. The number of nitrogens with zero attached hydrogens (tertiary/aromatic N) is 1. The first-order chi connectivity index (χ1) is 9.38. The average molecular weight is 277 g/mol. The lowest BCUT2D eigenvalue weighted by Gasteiger charge is -2.17. The number of aryl methyl sites for hydroxylation is 1. The summed E-state index contributed by atoms with van der Waals surface area (Å²) in [7, 11) is 2.06. The Balaban J connectivity index is 2.36. The molecule has 0 aromatic heterocycles. The van der Waals surface area contributed by atoms with E-state index in [2.05, 4.69) is 31.1 Å². The van der Waals surface area contributed by atoms with Gasteiger partial charge in [0, 0.05) is 24.3 Å². The van der Waals surface area contributed by atoms with Crippen LogP contribution in [0, 0.1) is 12.8 Å². The van der Waals surface area contributed by atoms with Crippen molar-refractivity contribution in [1.82, 2.24) is 4.90 Å². The summed E-state index contributed by atoms with van der Waals surface area (Å²) in [6.07, 6.45) is 1.67. The van der Waals surface area contributed by atoms with Crippen LogP contribution in [0.1, 0.15) is 32.3 Å². The van der Waals surface area contributed by atoms with Gasteiger partial charge in [0.25, 0.3) is 0 Å². The van der Waals surface area contributed by atoms with Crippen LogP contribution in [0.15, 0.2) is 18.2 Å². The molecule has 1 rings (SSSR count). The Morgan fingerprint density at radius 2 is 2.05 bits per heavy atom. The number of benzene rings is 1. The monoisotopic (exact) mass is 277 g/mol. The predicted octanol–water partition coefficient (Wildman–Crippen LogP) is 2.88. The summed E-state index contributed by atoms with van der Waals surface area (Å²) in [5.41, 5.74) is 8.25. The van der Waals surface area contributed by atoms with E-state index in [1.165, 1.54) is 0 Å². The minimum absolute atomic E-state index is 0.0502. The van der Waals surface area contributed by atoms with Gasteiger partial charge in [-0.05, 0) is 56.6 Å². The summed E-state index contributed by atoms with van der Waals surface area (Å²) in [6, 6.07) is 5.52. The SMILES string of the molecule is Cc1cc(N)ccc1NC(=O)CCN(C)CCC(C)C. The molecule has 112 valence electrons. The number of hydrogen-bond acceptors (Lipinski definition) is 3. The van der Waals surface area contributed by atoms with Crippen molar-refractivity contribution in [1.29, 1.82) is 0 Å². The van der Waals surface area contributed by atoms with Gasteiger partial charge in [-0.1, -0.05) is 13.8 Å². The van der Waals surface area contributed by atoms with Crippen molar-refractivity contribution in [3.05, 3.63) is 23.8 Å². The van der Waals surface area contributed by atoms with Crippen LogP contribution in [0.2, 0.25) is 0 Å². The Morgan fingerprint density at radius 3 is 2.65 bits per heavy atom. The fraction of sp³-hybridized carbons (Fsp3) is 0.562. The molecule has 0 bridgehead atoms. The van der Waals surface area contributed by atoms with Crippen LogP contribution in [-0.2, 0) is 4.79 Å². The Labute approximate surface area is 122 Å². The van der Waals surface area contributed by atoms with Crippen LogP contribution in [0.5, 0.6) is 0 Å². The summed E-state index contributed by atoms with van der Waals surface area (Å²) in [5, 5.41) is 2.94. The first kappa shape index (κ1) is 16.5. The predicted molar refractivity (Wildman–Crippen MR) is 85.8 cm³/mol. The van der Waals surface area contributed by atoms with Crippen molar-refractivity contribution in [3.63, 3.8) is 0 Å². The molecule has 4 nitrogen and oxygen atoms in total. The molecule has 0 spiro atoms. The molecule has 0 heterocycles. The lowest BCUT2D eigenvalue weighted by Crippen LogP contribution is -2.26. The quantitative estimate of drug-likeness (QED) is 0.753. The van der Waals surface area contributed by atoms with Crippen molar-refractivity contribution < 1.29 is 4.79 Å². The smallest absolute Gasteiger partial charge is 0.225 e. The fourth-order valence-corrected chi connectivity index (χ4v) is 1.92. The molecular formula is C16H27N3O. The maximum atomic E-state index is 11.9. The van der Waals surface area contributed by atoms with Gasteiger partial charge in [0.15, 0.2) is 0 Å². The maximum absolute atomic E-state index is 11.9. The second-order valence-electron chi connectivity index (χ2n) is 5.86. The number of rotatable bonds is 7. The summed E-state index contributed by atoms with van der Waals surface area (Å²) in [6.45, 7) is 8.19. The van der Waals surface area contributed by atoms with E-state index < -0.39 is 0 Å². The van der Waals surface area contributed by atoms with E-state index in [-0.39, 0.29) is 5.91 Å². The highest BCUT2D eigenvalue weighted by Crippen LogP contribution is 2.17. The first-order valence-electron chi connectivity index (χ1n) is 7.23. The van der Waals surface area contributed by atoms with Crippen LogP contribution in [0.4, 0.5) is 11.4 Å². The average Bonchev–Trinajstić information content (AvgIpc) is 2.37. The molecule has 20 heavy (non-hydrogen) atoms. The van der Waals surface area contributed by atoms with Crippen LogP contribution in [-0.4, -0.2) is 30.9 Å². The topological polar surface area (TPSA) is 58.4 Å². The van der Waals surface area contributed by atoms with Crippen molar-refractivity contribution in [2.45, 2.75) is 33.6 Å². The van der Waals surface area contributed by atoms with Crippen LogP contribution < -0.4 is 11.1 Å². The van der Waals surface area contributed by atoms with Gasteiger partial charge in [-0.2, -0.15) is 0 Å². The van der Waals surface area contributed by atoms with E-state index >= 15 is 0 Å². The van der Waals surface area contributed by atoms with Gasteiger partial charge < -0.3 is 16.0 Å². The van der Waals surface area contributed by atoms with Gasteiger partial charge in [-0.25, -0.2) is 0 Å². The molecule has 0 aliphatic carbocycles. The van der Waals surface area contributed by atoms with Crippen molar-refractivity contribution in [3.8, 4) is 0 Å². The molecule has 0 fully saturated rings. The highest BCUT2D eigenvalue weighted by Gasteiger charge is 2.07. The minimum atomic E-state index is 0.0502. The molecule has 1 aromatic rings. The Morgan fingerprint density at radius 1 is 1.35 bits per heavy atom. The zero-order chi connectivity index (χ0) is 15.1. The third kappa shape index (κ3) is 6.06. The second-order valence-corrected chi connectivity index (χ2v) is 5.86. The lowest BCUT2D eigenvalue weighted by molar-refractivity contribution is -0.116. The zero-order valence-corrected chi connectivity index (χ0v) is 13.1. The molecule has 0 saturated heterocycles. The van der Waals surface area contributed by atoms with Gasteiger partial charge in [0.05, 0.1) is 0 Å². The molecular weight excluding hydrogens is 250 g/mol. The number of carbonyl (C=O) groups is 1. The van der Waals surface area contributed by atoms with Crippen molar-refractivity contribution >= 4 is 17.3 Å². The van der Waals surface area contributed by atoms with Crippen LogP contribution in [0.25, 0.3) is 0 Å². The van der Waals surface area contributed by atoms with E-state index in [9.17, 15) is 4.79 Å². The molecule has 0 aliphatic heterocycles.